The summed E-state index contributed by atoms with van der Waals surface area (Å²) >= 11 is 0. The molecule has 96 valence electrons. The van der Waals surface area contributed by atoms with Crippen molar-refractivity contribution in [3.05, 3.63) is 11.6 Å². The summed E-state index contributed by atoms with van der Waals surface area (Å²) in [6.07, 6.45) is 4.19. The minimum atomic E-state index is -0.459. The number of rotatable bonds is 2. The Morgan fingerprint density at radius 3 is 2.82 bits per heavy atom. The van der Waals surface area contributed by atoms with Gasteiger partial charge in [-0.05, 0) is 32.8 Å². The summed E-state index contributed by atoms with van der Waals surface area (Å²) in [4.78, 5) is 18.1. The molecule has 0 atom stereocenters. The lowest BCUT2D eigenvalue weighted by molar-refractivity contribution is 0.0265. The smallest absolute Gasteiger partial charge is 0.410 e. The molecular weight excluding hydrogens is 220 g/mol. The van der Waals surface area contributed by atoms with Crippen molar-refractivity contribution in [2.45, 2.75) is 32.8 Å². The topological polar surface area (TPSA) is 51.1 Å². The lowest BCUT2D eigenvalue weighted by atomic mass is 10.1. The van der Waals surface area contributed by atoms with Gasteiger partial charge < -0.3 is 14.5 Å². The van der Waals surface area contributed by atoms with E-state index in [0.29, 0.717) is 13.1 Å². The molecule has 0 aliphatic carbocycles. The molecule has 0 fully saturated rings. The minimum Gasteiger partial charge on any atom is -0.444 e. The summed E-state index contributed by atoms with van der Waals surface area (Å²) in [6, 6.07) is 0. The van der Waals surface area contributed by atoms with Crippen LogP contribution in [0.3, 0.4) is 0 Å². The SMILES string of the molecule is CO/N=C/C1=CCCN(C(=O)OC(C)(C)C)C1. The molecule has 1 heterocycles. The van der Waals surface area contributed by atoms with Gasteiger partial charge in [0.1, 0.15) is 12.7 Å². The van der Waals surface area contributed by atoms with Crippen molar-refractivity contribution in [1.82, 2.24) is 4.90 Å². The lowest BCUT2D eigenvalue weighted by Gasteiger charge is -2.29. The summed E-state index contributed by atoms with van der Waals surface area (Å²) in [5.74, 6) is 0. The molecule has 17 heavy (non-hydrogen) atoms. The highest BCUT2D eigenvalue weighted by molar-refractivity contribution is 5.80. The van der Waals surface area contributed by atoms with E-state index in [0.717, 1.165) is 12.0 Å². The van der Waals surface area contributed by atoms with Gasteiger partial charge in [-0.25, -0.2) is 4.79 Å². The highest BCUT2D eigenvalue weighted by Gasteiger charge is 2.23. The van der Waals surface area contributed by atoms with Crippen LogP contribution in [0.5, 0.6) is 0 Å². The second-order valence-corrected chi connectivity index (χ2v) is 4.89. The quantitative estimate of drug-likeness (QED) is 0.549. The highest BCUT2D eigenvalue weighted by Crippen LogP contribution is 2.14. The number of ether oxygens (including phenoxy) is 1. The van der Waals surface area contributed by atoms with Gasteiger partial charge in [-0.3, -0.25) is 0 Å². The van der Waals surface area contributed by atoms with Crippen LogP contribution in [0.4, 0.5) is 4.79 Å². The van der Waals surface area contributed by atoms with Gasteiger partial charge in [0.15, 0.2) is 0 Å². The molecule has 0 bridgehead atoms. The van der Waals surface area contributed by atoms with Crippen LogP contribution >= 0.6 is 0 Å². The van der Waals surface area contributed by atoms with Crippen molar-refractivity contribution in [3.63, 3.8) is 0 Å². The molecule has 0 unspecified atom stereocenters. The zero-order valence-corrected chi connectivity index (χ0v) is 10.9. The second kappa shape index (κ2) is 5.70. The van der Waals surface area contributed by atoms with Crippen LogP contribution in [0.2, 0.25) is 0 Å². The normalized spacial score (nSPS) is 16.9. The van der Waals surface area contributed by atoms with E-state index in [9.17, 15) is 4.79 Å². The number of hydrogen-bond acceptors (Lipinski definition) is 4. The maximum absolute atomic E-state index is 11.8. The first-order valence-corrected chi connectivity index (χ1v) is 5.66. The van der Waals surface area contributed by atoms with E-state index in [1.807, 2.05) is 26.8 Å². The van der Waals surface area contributed by atoms with E-state index in [2.05, 4.69) is 9.99 Å². The van der Waals surface area contributed by atoms with Gasteiger partial charge in [0.25, 0.3) is 0 Å². The van der Waals surface area contributed by atoms with Gasteiger partial charge in [-0.1, -0.05) is 11.2 Å². The third-order valence-corrected chi connectivity index (χ3v) is 2.15. The summed E-state index contributed by atoms with van der Waals surface area (Å²) < 4.78 is 5.31. The Morgan fingerprint density at radius 1 is 1.53 bits per heavy atom. The Hall–Kier alpha value is -1.52. The van der Waals surface area contributed by atoms with Crippen molar-refractivity contribution in [2.24, 2.45) is 5.16 Å². The Balaban J connectivity index is 2.55. The van der Waals surface area contributed by atoms with Crippen LogP contribution < -0.4 is 0 Å². The van der Waals surface area contributed by atoms with E-state index in [1.54, 1.807) is 11.1 Å². The lowest BCUT2D eigenvalue weighted by Crippen LogP contribution is -2.40. The fraction of sp³-hybridized carbons (Fsp3) is 0.667. The molecule has 0 N–H and O–H groups in total. The van der Waals surface area contributed by atoms with Gasteiger partial charge in [-0.2, -0.15) is 0 Å². The number of oxime groups is 1. The number of nitrogens with zero attached hydrogens (tertiary/aromatic N) is 2. The number of carbonyl (C=O) groups is 1. The van der Waals surface area contributed by atoms with Crippen molar-refractivity contribution in [3.8, 4) is 0 Å². The van der Waals surface area contributed by atoms with Gasteiger partial charge in [0.05, 0.1) is 12.8 Å². The molecule has 5 heteroatoms. The molecule has 1 amide bonds. The van der Waals surface area contributed by atoms with E-state index in [4.69, 9.17) is 4.74 Å². The summed E-state index contributed by atoms with van der Waals surface area (Å²) in [6.45, 7) is 6.77. The van der Waals surface area contributed by atoms with Crippen LogP contribution in [-0.2, 0) is 9.57 Å². The molecule has 1 rings (SSSR count). The molecule has 0 radical (unpaired) electrons. The predicted molar refractivity (Wildman–Crippen MR) is 66.0 cm³/mol. The Bertz CT molecular complexity index is 329. The van der Waals surface area contributed by atoms with E-state index in [1.165, 1.54) is 7.11 Å². The zero-order valence-electron chi connectivity index (χ0n) is 10.9. The highest BCUT2D eigenvalue weighted by atomic mass is 16.6. The third kappa shape index (κ3) is 4.89. The van der Waals surface area contributed by atoms with Gasteiger partial charge >= 0.3 is 6.09 Å². The van der Waals surface area contributed by atoms with Crippen LogP contribution in [-0.4, -0.2) is 43.0 Å². The van der Waals surface area contributed by atoms with Crippen LogP contribution in [0, 0.1) is 0 Å². The summed E-state index contributed by atoms with van der Waals surface area (Å²) in [5, 5.41) is 3.69. The van der Waals surface area contributed by atoms with Gasteiger partial charge in [0, 0.05) is 6.54 Å². The number of hydrogen-bond donors (Lipinski definition) is 0. The molecule has 0 aromatic rings. The standard InChI is InChI=1S/C12H20N2O3/c1-12(2,3)17-11(15)14-7-5-6-10(9-14)8-13-16-4/h6,8H,5,7,9H2,1-4H3/b13-8+. The first kappa shape index (κ1) is 13.5. The molecule has 0 aromatic carbocycles. The minimum absolute atomic E-state index is 0.283. The molecule has 1 aliphatic rings. The largest absolute Gasteiger partial charge is 0.444 e. The fourth-order valence-corrected chi connectivity index (χ4v) is 1.47. The van der Waals surface area contributed by atoms with Crippen LogP contribution in [0.15, 0.2) is 16.8 Å². The van der Waals surface area contributed by atoms with E-state index in [-0.39, 0.29) is 6.09 Å². The zero-order chi connectivity index (χ0) is 12.9. The molecular formula is C12H20N2O3. The van der Waals surface area contributed by atoms with Gasteiger partial charge in [0.2, 0.25) is 0 Å². The Morgan fingerprint density at radius 2 is 2.24 bits per heavy atom. The molecule has 1 aliphatic heterocycles. The predicted octanol–water partition coefficient (Wildman–Crippen LogP) is 2.19. The number of amides is 1. The van der Waals surface area contributed by atoms with Gasteiger partial charge in [-0.15, -0.1) is 0 Å². The van der Waals surface area contributed by atoms with E-state index < -0.39 is 5.60 Å². The molecule has 0 aromatic heterocycles. The van der Waals surface area contributed by atoms with Crippen molar-refractivity contribution < 1.29 is 14.4 Å². The average Bonchev–Trinajstić information content (AvgIpc) is 2.24. The Labute approximate surface area is 102 Å². The first-order chi connectivity index (χ1) is 7.92. The molecule has 0 saturated carbocycles. The van der Waals surface area contributed by atoms with Crippen LogP contribution in [0.25, 0.3) is 0 Å². The van der Waals surface area contributed by atoms with Crippen molar-refractivity contribution in [1.29, 1.82) is 0 Å². The maximum Gasteiger partial charge on any atom is 0.410 e. The van der Waals surface area contributed by atoms with E-state index >= 15 is 0 Å². The fourth-order valence-electron chi connectivity index (χ4n) is 1.47. The van der Waals surface area contributed by atoms with Crippen LogP contribution in [0.1, 0.15) is 27.2 Å². The van der Waals surface area contributed by atoms with Crippen molar-refractivity contribution >= 4 is 12.3 Å². The average molecular weight is 240 g/mol. The first-order valence-electron chi connectivity index (χ1n) is 5.66. The summed E-state index contributed by atoms with van der Waals surface area (Å²) in [7, 11) is 1.49. The molecule has 5 nitrogen and oxygen atoms in total. The maximum atomic E-state index is 11.8. The molecule has 0 spiro atoms. The second-order valence-electron chi connectivity index (χ2n) is 4.89. The monoisotopic (exact) mass is 240 g/mol. The number of carbonyl (C=O) groups excluding carboxylic acids is 1. The third-order valence-electron chi connectivity index (χ3n) is 2.15. The Kier molecular flexibility index (Phi) is 4.54. The summed E-state index contributed by atoms with van der Waals surface area (Å²) in [5.41, 5.74) is 0.503. The van der Waals surface area contributed by atoms with Crippen molar-refractivity contribution in [2.75, 3.05) is 20.2 Å². The molecule has 0 saturated heterocycles.